The van der Waals surface area contributed by atoms with E-state index in [9.17, 15) is 9.59 Å². The lowest BCUT2D eigenvalue weighted by Crippen LogP contribution is -2.58. The van der Waals surface area contributed by atoms with Crippen molar-refractivity contribution >= 4 is 11.8 Å². The molecule has 4 heteroatoms. The van der Waals surface area contributed by atoms with Crippen LogP contribution in [0.4, 0.5) is 0 Å². The van der Waals surface area contributed by atoms with Gasteiger partial charge < -0.3 is 10.2 Å². The summed E-state index contributed by atoms with van der Waals surface area (Å²) < 4.78 is 0. The molecule has 0 bridgehead atoms. The van der Waals surface area contributed by atoms with Crippen LogP contribution in [0.25, 0.3) is 0 Å². The quantitative estimate of drug-likeness (QED) is 0.769. The molecule has 3 aliphatic rings. The van der Waals surface area contributed by atoms with Gasteiger partial charge in [0.2, 0.25) is 11.8 Å². The minimum Gasteiger partial charge on any atom is -0.342 e. The van der Waals surface area contributed by atoms with Gasteiger partial charge in [-0.05, 0) is 44.9 Å². The zero-order valence-electron chi connectivity index (χ0n) is 11.5. The largest absolute Gasteiger partial charge is 0.342 e. The van der Waals surface area contributed by atoms with E-state index in [4.69, 9.17) is 0 Å². The Bertz CT molecular complexity index is 428. The fraction of sp³-hybridized carbons (Fsp3) is 0.733. The molecule has 0 aromatic carbocycles. The average molecular weight is 262 g/mol. The molecule has 19 heavy (non-hydrogen) atoms. The van der Waals surface area contributed by atoms with Crippen LogP contribution in [0.3, 0.4) is 0 Å². The highest BCUT2D eigenvalue weighted by molar-refractivity contribution is 5.94. The second-order valence-corrected chi connectivity index (χ2v) is 6.21. The molecule has 0 aromatic heterocycles. The van der Waals surface area contributed by atoms with E-state index in [-0.39, 0.29) is 17.9 Å². The van der Waals surface area contributed by atoms with Gasteiger partial charge in [0.25, 0.3) is 0 Å². The van der Waals surface area contributed by atoms with Crippen LogP contribution < -0.4 is 5.32 Å². The van der Waals surface area contributed by atoms with Crippen LogP contribution in [0.15, 0.2) is 12.2 Å². The number of nitrogens with one attached hydrogen (secondary N) is 1. The predicted molar refractivity (Wildman–Crippen MR) is 72.4 cm³/mol. The third-order valence-electron chi connectivity index (χ3n) is 4.76. The molecule has 1 heterocycles. The van der Waals surface area contributed by atoms with Crippen molar-refractivity contribution in [2.75, 3.05) is 6.54 Å². The van der Waals surface area contributed by atoms with Crippen LogP contribution >= 0.6 is 0 Å². The number of carbonyl (C=O) groups excluding carboxylic acids is 2. The van der Waals surface area contributed by atoms with Crippen LogP contribution in [0.5, 0.6) is 0 Å². The molecule has 2 atom stereocenters. The van der Waals surface area contributed by atoms with Crippen LogP contribution in [-0.2, 0) is 9.59 Å². The number of amides is 2. The number of hydrogen-bond donors (Lipinski definition) is 1. The second-order valence-electron chi connectivity index (χ2n) is 6.21. The first kappa shape index (κ1) is 12.7. The lowest BCUT2D eigenvalue weighted by Gasteiger charge is -2.37. The smallest absolute Gasteiger partial charge is 0.248 e. The van der Waals surface area contributed by atoms with Crippen molar-refractivity contribution in [2.24, 2.45) is 5.92 Å². The maximum absolute atomic E-state index is 12.9. The number of nitrogens with zero attached hydrogens (tertiary/aromatic N) is 1. The molecule has 0 spiro atoms. The van der Waals surface area contributed by atoms with Crippen LogP contribution in [0.1, 0.15) is 45.4 Å². The highest BCUT2D eigenvalue weighted by Gasteiger charge is 2.51. The summed E-state index contributed by atoms with van der Waals surface area (Å²) in [6, 6.07) is 0.281. The average Bonchev–Trinajstić information content (AvgIpc) is 3.23. The Balaban J connectivity index is 1.84. The van der Waals surface area contributed by atoms with Crippen molar-refractivity contribution in [1.29, 1.82) is 0 Å². The van der Waals surface area contributed by atoms with Crippen molar-refractivity contribution in [1.82, 2.24) is 10.2 Å². The Morgan fingerprint density at radius 1 is 1.26 bits per heavy atom. The van der Waals surface area contributed by atoms with E-state index in [1.54, 1.807) is 0 Å². The monoisotopic (exact) mass is 262 g/mol. The van der Waals surface area contributed by atoms with Crippen LogP contribution in [0.2, 0.25) is 0 Å². The molecular formula is C15H22N2O2. The zero-order chi connectivity index (χ0) is 13.5. The van der Waals surface area contributed by atoms with E-state index < -0.39 is 5.54 Å². The molecule has 3 rings (SSSR count). The maximum atomic E-state index is 12.9. The molecule has 104 valence electrons. The topological polar surface area (TPSA) is 49.4 Å². The second kappa shape index (κ2) is 4.66. The molecule has 2 fully saturated rings. The van der Waals surface area contributed by atoms with Gasteiger partial charge in [-0.1, -0.05) is 12.2 Å². The first-order chi connectivity index (χ1) is 9.11. The first-order valence-corrected chi connectivity index (χ1v) is 7.38. The summed E-state index contributed by atoms with van der Waals surface area (Å²) in [4.78, 5) is 26.8. The van der Waals surface area contributed by atoms with Gasteiger partial charge in [0.1, 0.15) is 5.54 Å². The summed E-state index contributed by atoms with van der Waals surface area (Å²) in [6.07, 6.45) is 9.89. The van der Waals surface area contributed by atoms with Crippen LogP contribution in [-0.4, -0.2) is 34.8 Å². The molecule has 0 aromatic rings. The van der Waals surface area contributed by atoms with E-state index >= 15 is 0 Å². The number of carbonyl (C=O) groups is 2. The molecule has 1 saturated heterocycles. The van der Waals surface area contributed by atoms with Gasteiger partial charge in [-0.25, -0.2) is 0 Å². The van der Waals surface area contributed by atoms with E-state index in [1.165, 1.54) is 0 Å². The first-order valence-electron chi connectivity index (χ1n) is 7.38. The summed E-state index contributed by atoms with van der Waals surface area (Å²) in [5, 5.41) is 2.99. The molecule has 0 radical (unpaired) electrons. The highest BCUT2D eigenvalue weighted by atomic mass is 16.2. The van der Waals surface area contributed by atoms with Gasteiger partial charge in [-0.2, -0.15) is 0 Å². The van der Waals surface area contributed by atoms with Crippen molar-refractivity contribution in [2.45, 2.75) is 57.0 Å². The number of allylic oxidation sites excluding steroid dienone is 1. The Labute approximate surface area is 114 Å². The Kier molecular flexibility index (Phi) is 3.11. The fourth-order valence-corrected chi connectivity index (χ4v) is 3.37. The highest BCUT2D eigenvalue weighted by Crippen LogP contribution is 2.42. The van der Waals surface area contributed by atoms with E-state index in [1.807, 2.05) is 11.8 Å². The van der Waals surface area contributed by atoms with Crippen molar-refractivity contribution in [3.63, 3.8) is 0 Å². The van der Waals surface area contributed by atoms with Crippen molar-refractivity contribution in [3.05, 3.63) is 12.2 Å². The minimum atomic E-state index is -0.658. The van der Waals surface area contributed by atoms with Gasteiger partial charge in [0.05, 0.1) is 0 Å². The molecule has 1 saturated carbocycles. The molecule has 4 nitrogen and oxygen atoms in total. The maximum Gasteiger partial charge on any atom is 0.248 e. The van der Waals surface area contributed by atoms with Gasteiger partial charge >= 0.3 is 0 Å². The Morgan fingerprint density at radius 2 is 2.05 bits per heavy atom. The summed E-state index contributed by atoms with van der Waals surface area (Å²) in [5.74, 6) is 0.501. The minimum absolute atomic E-state index is 0.0246. The lowest BCUT2D eigenvalue weighted by atomic mass is 9.92. The fourth-order valence-electron chi connectivity index (χ4n) is 3.37. The Hall–Kier alpha value is -1.32. The standard InChI is InChI=1S/C15H22N2O2/c1-15(11-7-8-11)14(19)17(10-9-13(18)16-15)12-5-3-2-4-6-12/h2-3,11-12H,4-10H2,1H3,(H,16,18). The summed E-state index contributed by atoms with van der Waals surface area (Å²) in [7, 11) is 0. The normalized spacial score (nSPS) is 36.1. The summed E-state index contributed by atoms with van der Waals surface area (Å²) >= 11 is 0. The Morgan fingerprint density at radius 3 is 2.68 bits per heavy atom. The zero-order valence-corrected chi connectivity index (χ0v) is 11.5. The molecule has 2 unspecified atom stereocenters. The van der Waals surface area contributed by atoms with E-state index in [0.717, 1.165) is 32.1 Å². The molecule has 2 amide bonds. The number of hydrogen-bond acceptors (Lipinski definition) is 2. The van der Waals surface area contributed by atoms with Crippen molar-refractivity contribution < 1.29 is 9.59 Å². The SMILES string of the molecule is CC1(C2CC2)NC(=O)CCN(C2CC=CCC2)C1=O. The third-order valence-corrected chi connectivity index (χ3v) is 4.76. The summed E-state index contributed by atoms with van der Waals surface area (Å²) in [5.41, 5.74) is -0.658. The van der Waals surface area contributed by atoms with E-state index in [0.29, 0.717) is 18.9 Å². The van der Waals surface area contributed by atoms with Gasteiger partial charge in [-0.15, -0.1) is 0 Å². The molecule has 2 aliphatic carbocycles. The molecule has 1 aliphatic heterocycles. The van der Waals surface area contributed by atoms with Crippen LogP contribution in [0, 0.1) is 5.92 Å². The lowest BCUT2D eigenvalue weighted by molar-refractivity contribution is -0.141. The molecular weight excluding hydrogens is 240 g/mol. The third kappa shape index (κ3) is 2.28. The van der Waals surface area contributed by atoms with Gasteiger partial charge in [0.15, 0.2) is 0 Å². The summed E-state index contributed by atoms with van der Waals surface area (Å²) in [6.45, 7) is 2.49. The number of rotatable bonds is 2. The van der Waals surface area contributed by atoms with Crippen molar-refractivity contribution in [3.8, 4) is 0 Å². The van der Waals surface area contributed by atoms with Gasteiger partial charge in [-0.3, -0.25) is 9.59 Å². The molecule has 1 N–H and O–H groups in total. The predicted octanol–water partition coefficient (Wildman–Crippen LogP) is 1.61. The van der Waals surface area contributed by atoms with Gasteiger partial charge in [0, 0.05) is 19.0 Å². The van der Waals surface area contributed by atoms with E-state index in [2.05, 4.69) is 17.5 Å².